The topological polar surface area (TPSA) is 72.5 Å². The Labute approximate surface area is 130 Å². The van der Waals surface area contributed by atoms with Crippen LogP contribution in [-0.2, 0) is 25.3 Å². The van der Waals surface area contributed by atoms with Crippen molar-refractivity contribution in [1.29, 1.82) is 0 Å². The summed E-state index contributed by atoms with van der Waals surface area (Å²) in [5, 5.41) is 0. The molecule has 21 heavy (non-hydrogen) atoms. The van der Waals surface area contributed by atoms with Crippen molar-refractivity contribution in [3.05, 3.63) is 35.9 Å². The summed E-state index contributed by atoms with van der Waals surface area (Å²) in [5.74, 6) is -0.643. The second-order valence-electron chi connectivity index (χ2n) is 4.88. The SMILES string of the molecule is CC(C)OC(=O)[C@@H](CCCl)NS(=O)(=O)Cc1ccccc1. The van der Waals surface area contributed by atoms with E-state index < -0.39 is 22.0 Å². The lowest BCUT2D eigenvalue weighted by molar-refractivity contribution is -0.149. The molecule has 0 amide bonds. The number of carbonyl (C=O) groups is 1. The van der Waals surface area contributed by atoms with Crippen LogP contribution in [0.15, 0.2) is 30.3 Å². The Morgan fingerprint density at radius 1 is 1.29 bits per heavy atom. The average molecular weight is 334 g/mol. The van der Waals surface area contributed by atoms with E-state index in [0.717, 1.165) is 0 Å². The van der Waals surface area contributed by atoms with Crippen LogP contribution in [0, 0.1) is 0 Å². The maximum absolute atomic E-state index is 12.1. The predicted molar refractivity (Wildman–Crippen MR) is 82.6 cm³/mol. The molecule has 0 spiro atoms. The third kappa shape index (κ3) is 6.93. The molecule has 0 aliphatic heterocycles. The van der Waals surface area contributed by atoms with Gasteiger partial charge in [0.05, 0.1) is 11.9 Å². The molecule has 1 N–H and O–H groups in total. The highest BCUT2D eigenvalue weighted by atomic mass is 35.5. The maximum atomic E-state index is 12.1. The van der Waals surface area contributed by atoms with Crippen LogP contribution in [0.25, 0.3) is 0 Å². The third-order valence-corrected chi connectivity index (χ3v) is 4.13. The largest absolute Gasteiger partial charge is 0.462 e. The zero-order chi connectivity index (χ0) is 15.9. The Kier molecular flexibility index (Phi) is 7.14. The second kappa shape index (κ2) is 8.36. The van der Waals surface area contributed by atoms with Crippen LogP contribution < -0.4 is 4.72 Å². The minimum atomic E-state index is -3.65. The highest BCUT2D eigenvalue weighted by Crippen LogP contribution is 2.08. The molecule has 1 rings (SSSR count). The van der Waals surface area contributed by atoms with Gasteiger partial charge in [0.15, 0.2) is 0 Å². The Morgan fingerprint density at radius 3 is 2.43 bits per heavy atom. The fraction of sp³-hybridized carbons (Fsp3) is 0.500. The first-order chi connectivity index (χ1) is 9.84. The van der Waals surface area contributed by atoms with E-state index in [-0.39, 0.29) is 24.2 Å². The van der Waals surface area contributed by atoms with E-state index in [0.29, 0.717) is 5.56 Å². The van der Waals surface area contributed by atoms with Crippen LogP contribution in [0.4, 0.5) is 0 Å². The number of rotatable bonds is 8. The van der Waals surface area contributed by atoms with Crippen molar-refractivity contribution in [3.8, 4) is 0 Å². The molecular weight excluding hydrogens is 314 g/mol. The summed E-state index contributed by atoms with van der Waals surface area (Å²) in [5.41, 5.74) is 0.645. The van der Waals surface area contributed by atoms with Crippen molar-refractivity contribution in [3.63, 3.8) is 0 Å². The number of halogens is 1. The Hall–Kier alpha value is -1.11. The van der Waals surface area contributed by atoms with Crippen molar-refractivity contribution < 1.29 is 17.9 Å². The maximum Gasteiger partial charge on any atom is 0.324 e. The molecular formula is C14H20ClNO4S. The molecule has 0 saturated carbocycles. The molecule has 5 nitrogen and oxygen atoms in total. The highest BCUT2D eigenvalue weighted by Gasteiger charge is 2.26. The monoisotopic (exact) mass is 333 g/mol. The molecule has 1 aromatic carbocycles. The summed E-state index contributed by atoms with van der Waals surface area (Å²) in [6.45, 7) is 3.41. The van der Waals surface area contributed by atoms with Gasteiger partial charge in [0.1, 0.15) is 6.04 Å². The predicted octanol–water partition coefficient (Wildman–Crippen LogP) is 2.06. The first-order valence-corrected chi connectivity index (χ1v) is 8.83. The van der Waals surface area contributed by atoms with Crippen molar-refractivity contribution in [2.24, 2.45) is 0 Å². The zero-order valence-corrected chi connectivity index (χ0v) is 13.7. The summed E-state index contributed by atoms with van der Waals surface area (Å²) in [6, 6.07) is 7.78. The molecule has 7 heteroatoms. The van der Waals surface area contributed by atoms with Gasteiger partial charge in [-0.05, 0) is 25.8 Å². The van der Waals surface area contributed by atoms with Gasteiger partial charge in [-0.1, -0.05) is 30.3 Å². The van der Waals surface area contributed by atoms with Gasteiger partial charge < -0.3 is 4.74 Å². The molecule has 0 aliphatic rings. The van der Waals surface area contributed by atoms with Gasteiger partial charge in [0.2, 0.25) is 10.0 Å². The van der Waals surface area contributed by atoms with Gasteiger partial charge in [-0.3, -0.25) is 4.79 Å². The number of alkyl halides is 1. The molecule has 0 heterocycles. The Bertz CT molecular complexity index is 545. The Balaban J connectivity index is 2.75. The lowest BCUT2D eigenvalue weighted by Crippen LogP contribution is -2.43. The van der Waals surface area contributed by atoms with Crippen molar-refractivity contribution in [2.45, 2.75) is 38.2 Å². The number of hydrogen-bond acceptors (Lipinski definition) is 4. The van der Waals surface area contributed by atoms with E-state index in [1.54, 1.807) is 44.2 Å². The zero-order valence-electron chi connectivity index (χ0n) is 12.1. The molecule has 0 aromatic heterocycles. The normalized spacial score (nSPS) is 13.1. The fourth-order valence-corrected chi connectivity index (χ4v) is 3.28. The van der Waals surface area contributed by atoms with Crippen LogP contribution in [0.1, 0.15) is 25.8 Å². The molecule has 0 fully saturated rings. The molecule has 1 aromatic rings. The van der Waals surface area contributed by atoms with Crippen LogP contribution in [0.2, 0.25) is 0 Å². The third-order valence-electron chi connectivity index (χ3n) is 2.56. The molecule has 0 unspecified atom stereocenters. The molecule has 0 aliphatic carbocycles. The molecule has 0 radical (unpaired) electrons. The quantitative estimate of drug-likeness (QED) is 0.584. The number of ether oxygens (including phenoxy) is 1. The number of nitrogens with one attached hydrogen (secondary N) is 1. The van der Waals surface area contributed by atoms with Gasteiger partial charge in [-0.25, -0.2) is 13.1 Å². The summed E-state index contributed by atoms with van der Waals surface area (Å²) >= 11 is 5.62. The van der Waals surface area contributed by atoms with Crippen molar-refractivity contribution >= 4 is 27.6 Å². The van der Waals surface area contributed by atoms with Crippen molar-refractivity contribution in [2.75, 3.05) is 5.88 Å². The number of esters is 1. The highest BCUT2D eigenvalue weighted by molar-refractivity contribution is 7.88. The minimum absolute atomic E-state index is 0.158. The van der Waals surface area contributed by atoms with Gasteiger partial charge in [0, 0.05) is 5.88 Å². The van der Waals surface area contributed by atoms with E-state index in [9.17, 15) is 13.2 Å². The van der Waals surface area contributed by atoms with Gasteiger partial charge in [-0.2, -0.15) is 0 Å². The summed E-state index contributed by atoms with van der Waals surface area (Å²) < 4.78 is 31.6. The van der Waals surface area contributed by atoms with E-state index in [1.807, 2.05) is 0 Å². The van der Waals surface area contributed by atoms with Crippen LogP contribution in [0.3, 0.4) is 0 Å². The van der Waals surface area contributed by atoms with Gasteiger partial charge >= 0.3 is 5.97 Å². The molecule has 1 atom stereocenters. The molecule has 0 saturated heterocycles. The van der Waals surface area contributed by atoms with Crippen molar-refractivity contribution in [1.82, 2.24) is 4.72 Å². The number of hydrogen-bond donors (Lipinski definition) is 1. The lowest BCUT2D eigenvalue weighted by atomic mass is 10.2. The smallest absolute Gasteiger partial charge is 0.324 e. The van der Waals surface area contributed by atoms with E-state index >= 15 is 0 Å². The van der Waals surface area contributed by atoms with E-state index in [4.69, 9.17) is 16.3 Å². The average Bonchev–Trinajstić information content (AvgIpc) is 2.37. The summed E-state index contributed by atoms with van der Waals surface area (Å²) in [4.78, 5) is 11.9. The number of benzene rings is 1. The first kappa shape index (κ1) is 17.9. The summed E-state index contributed by atoms with van der Waals surface area (Å²) in [6.07, 6.45) is -0.129. The standard InChI is InChI=1S/C14H20ClNO4S/c1-11(2)20-14(17)13(8-9-15)16-21(18,19)10-12-6-4-3-5-7-12/h3-7,11,13,16H,8-10H2,1-2H3/t13-/m1/s1. The van der Waals surface area contributed by atoms with E-state index in [2.05, 4.69) is 4.72 Å². The number of sulfonamides is 1. The fourth-order valence-electron chi connectivity index (χ4n) is 1.70. The Morgan fingerprint density at radius 2 is 1.90 bits per heavy atom. The van der Waals surface area contributed by atoms with Crippen LogP contribution in [-0.4, -0.2) is 32.4 Å². The lowest BCUT2D eigenvalue weighted by Gasteiger charge is -2.18. The number of carbonyl (C=O) groups excluding carboxylic acids is 1. The summed E-state index contributed by atoms with van der Waals surface area (Å²) in [7, 11) is -3.65. The second-order valence-corrected chi connectivity index (χ2v) is 7.01. The molecule has 0 bridgehead atoms. The van der Waals surface area contributed by atoms with Gasteiger partial charge in [-0.15, -0.1) is 11.6 Å². The van der Waals surface area contributed by atoms with Gasteiger partial charge in [0.25, 0.3) is 0 Å². The minimum Gasteiger partial charge on any atom is -0.462 e. The first-order valence-electron chi connectivity index (χ1n) is 6.64. The van der Waals surface area contributed by atoms with Crippen LogP contribution >= 0.6 is 11.6 Å². The van der Waals surface area contributed by atoms with Crippen LogP contribution in [0.5, 0.6) is 0 Å². The molecule has 118 valence electrons. The van der Waals surface area contributed by atoms with E-state index in [1.165, 1.54) is 0 Å².